The van der Waals surface area contributed by atoms with Gasteiger partial charge < -0.3 is 88.9 Å². The Hall–Kier alpha value is -3.75. The molecule has 5 aliphatic rings. The van der Waals surface area contributed by atoms with E-state index in [-0.39, 0.29) is 87.0 Å². The zero-order valence-electron chi connectivity index (χ0n) is 43.9. The summed E-state index contributed by atoms with van der Waals surface area (Å²) in [5, 5.41) is 60.8. The molecule has 0 aromatic carbocycles. The predicted molar refractivity (Wildman–Crippen MR) is 267 cm³/mol. The molecule has 432 valence electrons. The number of nitrogens with zero attached hydrogens (tertiary/aromatic N) is 1. The summed E-state index contributed by atoms with van der Waals surface area (Å²) in [6.45, 7) is 2.44. The van der Waals surface area contributed by atoms with Crippen LogP contribution in [0, 0.1) is 24.2 Å². The van der Waals surface area contributed by atoms with Crippen molar-refractivity contribution in [2.24, 2.45) is 11.8 Å². The molecule has 8 N–H and O–H groups in total. The Morgan fingerprint density at radius 2 is 1.14 bits per heavy atom. The second-order valence-electron chi connectivity index (χ2n) is 19.8. The standard InChI is InChI=1S/C52H84N4O20/c1-3-18-53-45(62)10-6-4-8-21-70-40-28-38(60)50(67-2)75-43(40)32-73-52-39(61)29-41(44(76-52)33-72-51-37(59)27-36(58)42(31-57)74-51)71-22-9-5-7-11-46(63)54-19-23-68-25-26-69-24-20-55-49(66)35-14-12-34(13-15-35)30-56-47(64)16-17-48(56)65/h1,16-17,34-44,50-52,57-61H,4-15,18-33H2,2H3,(H,53,62)(H,54,63)(H,55,66)/t34?,35?,36-,37+,38+,39+,40-,41-,42+,43+,44+,50-,51-,52-/m0/s1. The van der Waals surface area contributed by atoms with Crippen LogP contribution in [0.1, 0.15) is 96.3 Å². The van der Waals surface area contributed by atoms with E-state index in [0.29, 0.717) is 110 Å². The van der Waals surface area contributed by atoms with Gasteiger partial charge in [-0.05, 0) is 57.3 Å². The van der Waals surface area contributed by atoms with E-state index >= 15 is 0 Å². The molecule has 4 aliphatic heterocycles. The van der Waals surface area contributed by atoms with Crippen molar-refractivity contribution in [3.05, 3.63) is 12.2 Å². The minimum absolute atomic E-state index is 0.0171. The second-order valence-corrected chi connectivity index (χ2v) is 19.8. The second kappa shape index (κ2) is 35.0. The summed E-state index contributed by atoms with van der Waals surface area (Å²) in [7, 11) is 1.41. The van der Waals surface area contributed by atoms with Gasteiger partial charge in [0.1, 0.15) is 36.6 Å². The molecule has 1 saturated carbocycles. The van der Waals surface area contributed by atoms with Crippen molar-refractivity contribution in [3.8, 4) is 12.3 Å². The van der Waals surface area contributed by atoms with Gasteiger partial charge in [-0.15, -0.1) is 6.42 Å². The number of ether oxygens (including phenoxy) is 10. The number of hydrogen-bond acceptors (Lipinski definition) is 20. The first-order valence-corrected chi connectivity index (χ1v) is 27.0. The number of carbonyl (C=O) groups excluding carboxylic acids is 5. The van der Waals surface area contributed by atoms with Gasteiger partial charge in [0.05, 0.1) is 71.1 Å². The molecule has 3 saturated heterocycles. The summed E-state index contributed by atoms with van der Waals surface area (Å²) < 4.78 is 58.7. The molecule has 0 aromatic heterocycles. The molecule has 0 aromatic rings. The maximum Gasteiger partial charge on any atom is 0.253 e. The van der Waals surface area contributed by atoms with Crippen molar-refractivity contribution in [3.63, 3.8) is 0 Å². The van der Waals surface area contributed by atoms with Crippen LogP contribution < -0.4 is 16.0 Å². The molecule has 0 bridgehead atoms. The summed E-state index contributed by atoms with van der Waals surface area (Å²) in [6.07, 6.45) is 4.05. The smallest absolute Gasteiger partial charge is 0.253 e. The van der Waals surface area contributed by atoms with Gasteiger partial charge in [0.25, 0.3) is 11.8 Å². The van der Waals surface area contributed by atoms with Crippen molar-refractivity contribution < 1.29 is 96.9 Å². The average molecular weight is 1090 g/mol. The number of carbonyl (C=O) groups is 5. The molecule has 5 amide bonds. The molecule has 4 heterocycles. The quantitative estimate of drug-likeness (QED) is 0.0216. The molecule has 0 spiro atoms. The van der Waals surface area contributed by atoms with E-state index in [1.54, 1.807) is 0 Å². The number of aliphatic hydroxyl groups is 5. The summed E-state index contributed by atoms with van der Waals surface area (Å²) in [4.78, 5) is 61.9. The fourth-order valence-corrected chi connectivity index (χ4v) is 9.64. The Bertz CT molecular complexity index is 1800. The van der Waals surface area contributed by atoms with Crippen LogP contribution in [0.5, 0.6) is 0 Å². The van der Waals surface area contributed by atoms with Gasteiger partial charge in [-0.3, -0.25) is 28.9 Å². The van der Waals surface area contributed by atoms with Crippen LogP contribution in [0.25, 0.3) is 0 Å². The summed E-state index contributed by atoms with van der Waals surface area (Å²) in [5.41, 5.74) is 0. The SMILES string of the molecule is C#CCNC(=O)CCCCCO[C@H]1C[C@@H](O)[C@@H](OC)O[C@@H]1CO[C@H]1O[C@H](CO[C@H]2O[C@H](CO)[C@@H](O)C[C@H]2O)[C@@H](OCCCCCC(=O)NCCOCCOCCNC(=O)C2CCC(CN3C(=O)C=CC3=O)CC2)C[C@H]1O. The monoisotopic (exact) mass is 1080 g/mol. The molecular formula is C52H84N4O20. The molecular weight excluding hydrogens is 1000 g/mol. The van der Waals surface area contributed by atoms with Crippen molar-refractivity contribution in [1.29, 1.82) is 0 Å². The molecule has 24 nitrogen and oxygen atoms in total. The minimum atomic E-state index is -1.19. The van der Waals surface area contributed by atoms with E-state index in [1.165, 1.54) is 24.2 Å². The molecule has 1 aliphatic carbocycles. The van der Waals surface area contributed by atoms with Crippen LogP contribution in [0.4, 0.5) is 0 Å². The zero-order chi connectivity index (χ0) is 54.7. The number of hydrogen-bond donors (Lipinski definition) is 8. The van der Waals surface area contributed by atoms with Crippen LogP contribution in [0.15, 0.2) is 12.2 Å². The topological polar surface area (TPSA) is 318 Å². The summed E-state index contributed by atoms with van der Waals surface area (Å²) >= 11 is 0. The maximum atomic E-state index is 12.6. The minimum Gasteiger partial charge on any atom is -0.394 e. The van der Waals surface area contributed by atoms with Gasteiger partial charge in [-0.2, -0.15) is 0 Å². The Balaban J connectivity index is 0.943. The number of amides is 5. The Kier molecular flexibility index (Phi) is 29.0. The normalized spacial score (nSPS) is 30.8. The van der Waals surface area contributed by atoms with Crippen molar-refractivity contribution >= 4 is 29.5 Å². The van der Waals surface area contributed by atoms with Crippen molar-refractivity contribution in [2.45, 2.75) is 170 Å². The van der Waals surface area contributed by atoms with E-state index < -0.39 is 80.4 Å². The van der Waals surface area contributed by atoms with Gasteiger partial charge in [-0.25, -0.2) is 0 Å². The Morgan fingerprint density at radius 3 is 1.70 bits per heavy atom. The molecule has 5 rings (SSSR count). The maximum absolute atomic E-state index is 12.6. The average Bonchev–Trinajstić information content (AvgIpc) is 3.72. The first kappa shape index (κ1) is 63.1. The van der Waals surface area contributed by atoms with Crippen LogP contribution in [0.3, 0.4) is 0 Å². The third kappa shape index (κ3) is 21.8. The number of methoxy groups -OCH3 is 1. The Labute approximate surface area is 445 Å². The first-order valence-electron chi connectivity index (χ1n) is 27.0. The number of nitrogens with one attached hydrogen (secondary N) is 3. The van der Waals surface area contributed by atoms with Crippen LogP contribution in [-0.2, 0) is 71.3 Å². The number of terminal acetylenes is 1. The highest BCUT2D eigenvalue weighted by Crippen LogP contribution is 2.32. The van der Waals surface area contributed by atoms with Gasteiger partial charge in [-0.1, -0.05) is 18.8 Å². The van der Waals surface area contributed by atoms with E-state index in [2.05, 4.69) is 21.9 Å². The van der Waals surface area contributed by atoms with Crippen molar-refractivity contribution in [1.82, 2.24) is 20.9 Å². The highest BCUT2D eigenvalue weighted by molar-refractivity contribution is 6.12. The molecule has 0 unspecified atom stereocenters. The fourth-order valence-electron chi connectivity index (χ4n) is 9.64. The molecule has 24 heteroatoms. The summed E-state index contributed by atoms with van der Waals surface area (Å²) in [6, 6.07) is 0. The number of aliphatic hydroxyl groups excluding tert-OH is 5. The molecule has 0 radical (unpaired) electrons. The third-order valence-corrected chi connectivity index (χ3v) is 14.0. The van der Waals surface area contributed by atoms with Crippen molar-refractivity contribution in [2.75, 3.05) is 92.8 Å². The van der Waals surface area contributed by atoms with Gasteiger partial charge in [0.2, 0.25) is 17.7 Å². The van der Waals surface area contributed by atoms with Gasteiger partial charge in [0, 0.05) is 90.1 Å². The fraction of sp³-hybridized carbons (Fsp3) is 0.827. The lowest BCUT2D eigenvalue weighted by molar-refractivity contribution is -0.319. The molecule has 12 atom stereocenters. The van der Waals surface area contributed by atoms with E-state index in [4.69, 9.17) is 53.8 Å². The highest BCUT2D eigenvalue weighted by atomic mass is 16.7. The largest absolute Gasteiger partial charge is 0.394 e. The van der Waals surface area contributed by atoms with E-state index in [9.17, 15) is 49.5 Å². The van der Waals surface area contributed by atoms with Crippen LogP contribution in [-0.4, -0.2) is 227 Å². The lowest BCUT2D eigenvalue weighted by Gasteiger charge is -2.42. The lowest BCUT2D eigenvalue weighted by atomic mass is 9.81. The number of imide groups is 1. The first-order chi connectivity index (χ1) is 36.8. The zero-order valence-corrected chi connectivity index (χ0v) is 43.9. The number of unbranched alkanes of at least 4 members (excludes halogenated alkanes) is 4. The van der Waals surface area contributed by atoms with Crippen LogP contribution >= 0.6 is 0 Å². The Morgan fingerprint density at radius 1 is 0.632 bits per heavy atom. The van der Waals surface area contributed by atoms with E-state index in [1.807, 2.05) is 0 Å². The third-order valence-electron chi connectivity index (χ3n) is 14.0. The lowest BCUT2D eigenvalue weighted by Crippen LogP contribution is -2.55. The predicted octanol–water partition coefficient (Wildman–Crippen LogP) is -0.915. The number of rotatable bonds is 35. The summed E-state index contributed by atoms with van der Waals surface area (Å²) in [5.74, 6) is 1.68. The highest BCUT2D eigenvalue weighted by Gasteiger charge is 2.44. The van der Waals surface area contributed by atoms with Gasteiger partial charge in [0.15, 0.2) is 18.9 Å². The van der Waals surface area contributed by atoms with Crippen LogP contribution in [0.2, 0.25) is 0 Å². The molecule has 76 heavy (non-hydrogen) atoms. The van der Waals surface area contributed by atoms with E-state index in [0.717, 1.165) is 19.3 Å². The van der Waals surface area contributed by atoms with Gasteiger partial charge >= 0.3 is 0 Å². The molecule has 4 fully saturated rings.